The van der Waals surface area contributed by atoms with E-state index >= 15 is 0 Å². The van der Waals surface area contributed by atoms with Crippen LogP contribution in [0.5, 0.6) is 0 Å². The Bertz CT molecular complexity index is 188. The van der Waals surface area contributed by atoms with E-state index in [4.69, 9.17) is 0 Å². The lowest BCUT2D eigenvalue weighted by molar-refractivity contribution is 0.155. The molecule has 2 aliphatic rings. The van der Waals surface area contributed by atoms with Crippen LogP contribution in [0.1, 0.15) is 0 Å². The van der Waals surface area contributed by atoms with Gasteiger partial charge in [-0.15, -0.1) is 0 Å². The van der Waals surface area contributed by atoms with Gasteiger partial charge in [-0.3, -0.25) is 19.6 Å². The molecule has 4 nitrogen and oxygen atoms in total. The minimum Gasteiger partial charge on any atom is -0.296 e. The molecule has 2 saturated heterocycles. The lowest BCUT2D eigenvalue weighted by Gasteiger charge is -2.50. The van der Waals surface area contributed by atoms with E-state index in [1.54, 1.807) is 0 Å². The SMILES string of the molecule is CN1CN(C)C[Si]2(C1)CN(C)CN(C)C2. The van der Waals surface area contributed by atoms with Gasteiger partial charge in [-0.05, 0) is 52.9 Å². The third-order valence-electron chi connectivity index (χ3n) is 3.39. The van der Waals surface area contributed by atoms with E-state index < -0.39 is 8.07 Å². The van der Waals surface area contributed by atoms with E-state index in [0.29, 0.717) is 0 Å². The average Bonchev–Trinajstić information content (AvgIpc) is 1.96. The molecule has 0 amide bonds. The van der Waals surface area contributed by atoms with E-state index in [-0.39, 0.29) is 0 Å². The standard InChI is InChI=1S/C10H24N4Si/c1-11-5-12(2)8-15(7-11)9-13(3)6-14(4)10-15/h5-10H2,1-4H3. The van der Waals surface area contributed by atoms with Crippen LogP contribution in [0.25, 0.3) is 0 Å². The Hall–Kier alpha value is 0.0569. The fourth-order valence-electron chi connectivity index (χ4n) is 3.61. The van der Waals surface area contributed by atoms with Crippen LogP contribution in [-0.2, 0) is 0 Å². The van der Waals surface area contributed by atoms with Crippen molar-refractivity contribution in [1.82, 2.24) is 19.6 Å². The summed E-state index contributed by atoms with van der Waals surface area (Å²) < 4.78 is 0. The summed E-state index contributed by atoms with van der Waals surface area (Å²) in [6, 6.07) is 0. The van der Waals surface area contributed by atoms with Gasteiger partial charge in [0, 0.05) is 13.3 Å². The van der Waals surface area contributed by atoms with Crippen molar-refractivity contribution in [2.45, 2.75) is 0 Å². The summed E-state index contributed by atoms with van der Waals surface area (Å²) in [7, 11) is 7.93. The van der Waals surface area contributed by atoms with Gasteiger partial charge in [0.05, 0.1) is 0 Å². The highest BCUT2D eigenvalue weighted by Gasteiger charge is 2.43. The molecular weight excluding hydrogens is 204 g/mol. The molecule has 15 heavy (non-hydrogen) atoms. The molecule has 0 radical (unpaired) electrons. The molecule has 0 saturated carbocycles. The van der Waals surface area contributed by atoms with Gasteiger partial charge in [0.15, 0.2) is 0 Å². The van der Waals surface area contributed by atoms with E-state index in [1.807, 2.05) is 0 Å². The molecule has 0 aromatic heterocycles. The normalized spacial score (nSPS) is 31.2. The molecule has 0 N–H and O–H groups in total. The fraction of sp³-hybridized carbons (Fsp3) is 1.00. The minimum absolute atomic E-state index is 1.12. The highest BCUT2D eigenvalue weighted by Crippen LogP contribution is 2.18. The van der Waals surface area contributed by atoms with E-state index in [9.17, 15) is 0 Å². The molecule has 0 bridgehead atoms. The number of hydrogen-bond donors (Lipinski definition) is 0. The van der Waals surface area contributed by atoms with Gasteiger partial charge in [-0.25, -0.2) is 0 Å². The predicted octanol–water partition coefficient (Wildman–Crippen LogP) is -0.739. The maximum Gasteiger partial charge on any atom is 0.113 e. The van der Waals surface area contributed by atoms with Crippen LogP contribution in [0.2, 0.25) is 0 Å². The molecule has 0 aromatic carbocycles. The largest absolute Gasteiger partial charge is 0.296 e. The van der Waals surface area contributed by atoms with Crippen molar-refractivity contribution in [2.75, 3.05) is 66.2 Å². The summed E-state index contributed by atoms with van der Waals surface area (Å²) in [5.41, 5.74) is 0. The van der Waals surface area contributed by atoms with Crippen LogP contribution in [-0.4, -0.2) is 93.9 Å². The summed E-state index contributed by atoms with van der Waals surface area (Å²) in [6.45, 7) is 2.28. The first-order chi connectivity index (χ1) is 6.99. The number of hydrogen-bond acceptors (Lipinski definition) is 4. The van der Waals surface area contributed by atoms with Gasteiger partial charge in [0.2, 0.25) is 0 Å². The van der Waals surface area contributed by atoms with Crippen LogP contribution in [0.3, 0.4) is 0 Å². The van der Waals surface area contributed by atoms with Crippen molar-refractivity contribution in [3.05, 3.63) is 0 Å². The van der Waals surface area contributed by atoms with Gasteiger partial charge in [0.1, 0.15) is 8.07 Å². The Kier molecular flexibility index (Phi) is 3.19. The Morgan fingerprint density at radius 3 is 1.13 bits per heavy atom. The summed E-state index contributed by atoms with van der Waals surface area (Å²) in [4.78, 5) is 10.0. The van der Waals surface area contributed by atoms with Gasteiger partial charge in [0.25, 0.3) is 0 Å². The quantitative estimate of drug-likeness (QED) is 0.506. The zero-order valence-electron chi connectivity index (χ0n) is 10.5. The fourth-order valence-corrected chi connectivity index (χ4v) is 9.20. The molecule has 0 atom stereocenters. The van der Waals surface area contributed by atoms with E-state index in [0.717, 1.165) is 13.3 Å². The highest BCUT2D eigenvalue weighted by atomic mass is 28.3. The van der Waals surface area contributed by atoms with Crippen LogP contribution >= 0.6 is 0 Å². The van der Waals surface area contributed by atoms with E-state index in [1.165, 1.54) is 24.7 Å². The molecule has 0 unspecified atom stereocenters. The first-order valence-electron chi connectivity index (χ1n) is 5.73. The summed E-state index contributed by atoms with van der Waals surface area (Å²) in [5.74, 6) is 0. The zero-order valence-corrected chi connectivity index (χ0v) is 11.5. The van der Waals surface area contributed by atoms with E-state index in [2.05, 4.69) is 47.8 Å². The summed E-state index contributed by atoms with van der Waals surface area (Å²) in [5, 5.41) is 0. The first kappa shape index (κ1) is 11.5. The maximum absolute atomic E-state index is 2.50. The minimum atomic E-state index is -1.12. The summed E-state index contributed by atoms with van der Waals surface area (Å²) in [6.07, 6.45) is 5.47. The molecule has 0 aromatic rings. The average molecular weight is 228 g/mol. The van der Waals surface area contributed by atoms with Gasteiger partial charge in [-0.2, -0.15) is 0 Å². The molecule has 2 aliphatic heterocycles. The maximum atomic E-state index is 2.50. The van der Waals surface area contributed by atoms with Crippen LogP contribution in [0.15, 0.2) is 0 Å². The Balaban J connectivity index is 2.10. The Labute approximate surface area is 94.4 Å². The Morgan fingerprint density at radius 1 is 0.600 bits per heavy atom. The molecule has 88 valence electrons. The molecule has 5 heteroatoms. The molecule has 2 heterocycles. The topological polar surface area (TPSA) is 13.0 Å². The summed E-state index contributed by atoms with van der Waals surface area (Å²) >= 11 is 0. The van der Waals surface area contributed by atoms with Crippen molar-refractivity contribution in [1.29, 1.82) is 0 Å². The van der Waals surface area contributed by atoms with Crippen LogP contribution in [0.4, 0.5) is 0 Å². The monoisotopic (exact) mass is 228 g/mol. The second-order valence-corrected chi connectivity index (χ2v) is 10.1. The van der Waals surface area contributed by atoms with Crippen molar-refractivity contribution in [2.24, 2.45) is 0 Å². The second-order valence-electron chi connectivity index (χ2n) is 5.84. The smallest absolute Gasteiger partial charge is 0.113 e. The van der Waals surface area contributed by atoms with Crippen molar-refractivity contribution < 1.29 is 0 Å². The van der Waals surface area contributed by atoms with Gasteiger partial charge >= 0.3 is 0 Å². The van der Waals surface area contributed by atoms with Crippen molar-refractivity contribution in [3.8, 4) is 0 Å². The van der Waals surface area contributed by atoms with Crippen LogP contribution in [0, 0.1) is 0 Å². The van der Waals surface area contributed by atoms with Gasteiger partial charge < -0.3 is 0 Å². The highest BCUT2D eigenvalue weighted by molar-refractivity contribution is 6.80. The zero-order chi connectivity index (χ0) is 11.1. The molecular formula is C10H24N4Si. The van der Waals surface area contributed by atoms with Crippen molar-refractivity contribution in [3.63, 3.8) is 0 Å². The third kappa shape index (κ3) is 2.60. The lowest BCUT2D eigenvalue weighted by Crippen LogP contribution is -2.73. The molecule has 2 rings (SSSR count). The van der Waals surface area contributed by atoms with Gasteiger partial charge in [-0.1, -0.05) is 0 Å². The first-order valence-corrected chi connectivity index (χ1v) is 8.56. The van der Waals surface area contributed by atoms with Crippen LogP contribution < -0.4 is 0 Å². The Morgan fingerprint density at radius 2 is 0.867 bits per heavy atom. The second kappa shape index (κ2) is 4.14. The predicted molar refractivity (Wildman–Crippen MR) is 66.0 cm³/mol. The number of rotatable bonds is 0. The number of nitrogens with zero attached hydrogens (tertiary/aromatic N) is 4. The molecule has 2 fully saturated rings. The molecule has 1 spiro atoms. The molecule has 0 aliphatic carbocycles. The van der Waals surface area contributed by atoms with Crippen molar-refractivity contribution >= 4 is 8.07 Å². The third-order valence-corrected chi connectivity index (χ3v) is 8.23. The lowest BCUT2D eigenvalue weighted by atomic mass is 10.7.